The third kappa shape index (κ3) is 5.90. The summed E-state index contributed by atoms with van der Waals surface area (Å²) in [5, 5.41) is 1.03. The van der Waals surface area contributed by atoms with Crippen LogP contribution in [0.4, 0.5) is 4.79 Å². The van der Waals surface area contributed by atoms with E-state index in [4.69, 9.17) is 9.47 Å². The van der Waals surface area contributed by atoms with Crippen molar-refractivity contribution in [3.63, 3.8) is 0 Å². The van der Waals surface area contributed by atoms with E-state index < -0.39 is 5.60 Å². The quantitative estimate of drug-likeness (QED) is 0.510. The van der Waals surface area contributed by atoms with Gasteiger partial charge in [0.2, 0.25) is 0 Å². The lowest BCUT2D eigenvalue weighted by Gasteiger charge is -2.19. The van der Waals surface area contributed by atoms with Crippen molar-refractivity contribution in [1.82, 2.24) is 4.57 Å². The monoisotopic (exact) mass is 359 g/mol. The van der Waals surface area contributed by atoms with E-state index in [9.17, 15) is 9.59 Å². The number of hydrogen-bond donors (Lipinski definition) is 0. The van der Waals surface area contributed by atoms with Crippen LogP contribution in [0.5, 0.6) is 0 Å². The number of aryl methyl sites for hydroxylation is 1. The van der Waals surface area contributed by atoms with Crippen molar-refractivity contribution in [2.45, 2.75) is 65.4 Å². The number of carbonyl (C=O) groups excluding carboxylic acids is 2. The Hall–Kier alpha value is -2.30. The minimum Gasteiger partial charge on any atom is -0.466 e. The summed E-state index contributed by atoms with van der Waals surface area (Å²) in [6, 6.07) is 8.06. The Balaban J connectivity index is 1.90. The number of hydrogen-bond acceptors (Lipinski definition) is 4. The summed E-state index contributed by atoms with van der Waals surface area (Å²) < 4.78 is 11.9. The normalized spacial score (nSPS) is 11.5. The molecule has 0 N–H and O–H groups in total. The van der Waals surface area contributed by atoms with Crippen LogP contribution in [0.1, 0.15) is 58.9 Å². The number of unbranched alkanes of at least 4 members (excludes halogenated alkanes) is 2. The predicted octanol–water partition coefficient (Wildman–Crippen LogP) is 5.09. The van der Waals surface area contributed by atoms with Crippen molar-refractivity contribution < 1.29 is 19.1 Å². The molecule has 0 atom stereocenters. The lowest BCUT2D eigenvalue weighted by Crippen LogP contribution is -2.26. The van der Waals surface area contributed by atoms with Crippen LogP contribution in [-0.4, -0.2) is 28.8 Å². The molecule has 0 saturated carbocycles. The maximum absolute atomic E-state index is 12.3. The summed E-state index contributed by atoms with van der Waals surface area (Å²) in [7, 11) is 0. The van der Waals surface area contributed by atoms with Gasteiger partial charge in [0.15, 0.2) is 0 Å². The van der Waals surface area contributed by atoms with Crippen LogP contribution >= 0.6 is 0 Å². The van der Waals surface area contributed by atoms with E-state index in [1.54, 1.807) is 10.8 Å². The molecule has 5 nitrogen and oxygen atoms in total. The number of ether oxygens (including phenoxy) is 2. The molecule has 0 unspecified atom stereocenters. The van der Waals surface area contributed by atoms with Gasteiger partial charge in [-0.2, -0.15) is 0 Å². The molecule has 1 heterocycles. The fraction of sp³-hybridized carbons (Fsp3) is 0.524. The highest BCUT2D eigenvalue weighted by molar-refractivity contribution is 5.89. The average Bonchev–Trinajstić information content (AvgIpc) is 2.96. The molecule has 2 aromatic rings. The molecular formula is C21H29NO4. The molecule has 0 aliphatic heterocycles. The molecule has 26 heavy (non-hydrogen) atoms. The van der Waals surface area contributed by atoms with Gasteiger partial charge in [-0.15, -0.1) is 0 Å². The van der Waals surface area contributed by atoms with Gasteiger partial charge >= 0.3 is 12.1 Å². The van der Waals surface area contributed by atoms with Crippen LogP contribution in [0.3, 0.4) is 0 Å². The second-order valence-electron chi connectivity index (χ2n) is 7.42. The molecule has 1 aromatic carbocycles. The van der Waals surface area contributed by atoms with Crippen molar-refractivity contribution in [1.29, 1.82) is 0 Å². The molecule has 2 rings (SSSR count). The van der Waals surface area contributed by atoms with Crippen LogP contribution in [-0.2, 0) is 20.7 Å². The Morgan fingerprint density at radius 2 is 1.85 bits per heavy atom. The molecule has 1 aromatic heterocycles. The summed E-state index contributed by atoms with van der Waals surface area (Å²) in [5.74, 6) is -0.114. The topological polar surface area (TPSA) is 57.5 Å². The van der Waals surface area contributed by atoms with Crippen molar-refractivity contribution in [2.75, 3.05) is 6.61 Å². The molecule has 0 saturated heterocycles. The molecule has 0 aliphatic carbocycles. The summed E-state index contributed by atoms with van der Waals surface area (Å²) in [6.07, 6.45) is 5.71. The molecule has 0 aliphatic rings. The lowest BCUT2D eigenvalue weighted by atomic mass is 10.0. The molecule has 142 valence electrons. The standard InChI is InChI=1S/C21H29NO4/c1-5-25-19(23)10-8-6-7-9-16-11-12-18-17(15-16)13-14-22(18)20(24)26-21(2,3)4/h11-15H,5-10H2,1-4H3. The van der Waals surface area contributed by atoms with E-state index in [2.05, 4.69) is 12.1 Å². The highest BCUT2D eigenvalue weighted by Gasteiger charge is 2.18. The lowest BCUT2D eigenvalue weighted by molar-refractivity contribution is -0.143. The van der Waals surface area contributed by atoms with Crippen molar-refractivity contribution in [3.8, 4) is 0 Å². The van der Waals surface area contributed by atoms with E-state index in [1.165, 1.54) is 5.56 Å². The minimum absolute atomic E-state index is 0.114. The van der Waals surface area contributed by atoms with Gasteiger partial charge in [-0.25, -0.2) is 4.79 Å². The molecule has 0 radical (unpaired) electrons. The van der Waals surface area contributed by atoms with Gasteiger partial charge in [0.1, 0.15) is 5.60 Å². The van der Waals surface area contributed by atoms with Crippen LogP contribution < -0.4 is 0 Å². The van der Waals surface area contributed by atoms with Gasteiger partial charge in [0.25, 0.3) is 0 Å². The van der Waals surface area contributed by atoms with Gasteiger partial charge in [0, 0.05) is 18.0 Å². The Kier molecular flexibility index (Phi) is 6.83. The van der Waals surface area contributed by atoms with Gasteiger partial charge in [-0.3, -0.25) is 9.36 Å². The molecule has 0 spiro atoms. The van der Waals surface area contributed by atoms with E-state index >= 15 is 0 Å². The zero-order valence-electron chi connectivity index (χ0n) is 16.2. The average molecular weight is 359 g/mol. The van der Waals surface area contributed by atoms with E-state index in [0.29, 0.717) is 13.0 Å². The smallest absolute Gasteiger partial charge is 0.418 e. The predicted molar refractivity (Wildman–Crippen MR) is 102 cm³/mol. The SMILES string of the molecule is CCOC(=O)CCCCCc1ccc2c(ccn2C(=O)OC(C)(C)C)c1. The Bertz CT molecular complexity index is 755. The maximum atomic E-state index is 12.3. The minimum atomic E-state index is -0.517. The van der Waals surface area contributed by atoms with Crippen LogP contribution in [0.2, 0.25) is 0 Å². The molecule has 5 heteroatoms. The number of esters is 1. The number of benzene rings is 1. The van der Waals surface area contributed by atoms with Gasteiger partial charge < -0.3 is 9.47 Å². The van der Waals surface area contributed by atoms with Crippen LogP contribution in [0, 0.1) is 0 Å². The summed E-state index contributed by atoms with van der Waals surface area (Å²) >= 11 is 0. The summed E-state index contributed by atoms with van der Waals surface area (Å²) in [4.78, 5) is 23.6. The van der Waals surface area contributed by atoms with E-state index in [1.807, 2.05) is 39.8 Å². The number of nitrogens with zero attached hydrogens (tertiary/aromatic N) is 1. The zero-order chi connectivity index (χ0) is 19.2. The number of carbonyl (C=O) groups is 2. The van der Waals surface area contributed by atoms with E-state index in [0.717, 1.165) is 36.6 Å². The summed E-state index contributed by atoms with van der Waals surface area (Å²) in [5.41, 5.74) is 1.57. The first-order valence-electron chi connectivity index (χ1n) is 9.29. The number of fused-ring (bicyclic) bond motifs is 1. The van der Waals surface area contributed by atoms with E-state index in [-0.39, 0.29) is 12.1 Å². The van der Waals surface area contributed by atoms with Crippen LogP contribution in [0.25, 0.3) is 10.9 Å². The highest BCUT2D eigenvalue weighted by Crippen LogP contribution is 2.21. The molecule has 0 fully saturated rings. The third-order valence-electron chi connectivity index (χ3n) is 4.00. The number of aromatic nitrogens is 1. The Morgan fingerprint density at radius 3 is 2.54 bits per heavy atom. The van der Waals surface area contributed by atoms with Crippen LogP contribution in [0.15, 0.2) is 30.5 Å². The molecular weight excluding hydrogens is 330 g/mol. The number of rotatable bonds is 7. The Labute approximate surface area is 155 Å². The van der Waals surface area contributed by atoms with Crippen molar-refractivity contribution in [3.05, 3.63) is 36.0 Å². The van der Waals surface area contributed by atoms with Crippen molar-refractivity contribution in [2.24, 2.45) is 0 Å². The first-order chi connectivity index (χ1) is 12.3. The van der Waals surface area contributed by atoms with Crippen molar-refractivity contribution >= 4 is 23.0 Å². The fourth-order valence-corrected chi connectivity index (χ4v) is 2.83. The Morgan fingerprint density at radius 1 is 1.08 bits per heavy atom. The third-order valence-corrected chi connectivity index (χ3v) is 4.00. The highest BCUT2D eigenvalue weighted by atomic mass is 16.6. The molecule has 0 amide bonds. The second-order valence-corrected chi connectivity index (χ2v) is 7.42. The van der Waals surface area contributed by atoms with Gasteiger partial charge in [-0.1, -0.05) is 12.5 Å². The van der Waals surface area contributed by atoms with Gasteiger partial charge in [-0.05, 0) is 70.7 Å². The zero-order valence-corrected chi connectivity index (χ0v) is 16.2. The molecule has 0 bridgehead atoms. The first-order valence-corrected chi connectivity index (χ1v) is 9.29. The largest absolute Gasteiger partial charge is 0.466 e. The first kappa shape index (κ1) is 20.0. The fourth-order valence-electron chi connectivity index (χ4n) is 2.83. The second kappa shape index (κ2) is 8.88. The summed E-state index contributed by atoms with van der Waals surface area (Å²) in [6.45, 7) is 7.84. The maximum Gasteiger partial charge on any atom is 0.418 e. The van der Waals surface area contributed by atoms with Gasteiger partial charge in [0.05, 0.1) is 12.1 Å².